The van der Waals surface area contributed by atoms with Gasteiger partial charge in [0.05, 0.1) is 16.8 Å². The number of aliphatic hydroxyl groups excluding tert-OH is 1. The summed E-state index contributed by atoms with van der Waals surface area (Å²) in [5.74, 6) is -3.06. The summed E-state index contributed by atoms with van der Waals surface area (Å²) in [6.45, 7) is 0.0727. The van der Waals surface area contributed by atoms with Gasteiger partial charge in [0.25, 0.3) is 5.91 Å². The molecular weight excluding hydrogens is 503 g/mol. The number of nitrogens with zero attached hydrogens (tertiary/aromatic N) is 2. The summed E-state index contributed by atoms with van der Waals surface area (Å²) in [6, 6.07) is 9.00. The van der Waals surface area contributed by atoms with Gasteiger partial charge in [0, 0.05) is 43.1 Å². The number of piperidine rings is 1. The third kappa shape index (κ3) is 4.59. The number of carbonyl (C=O) groups excluding carboxylic acids is 4. The van der Waals surface area contributed by atoms with Crippen molar-refractivity contribution in [2.45, 2.75) is 50.4 Å². The number of amides is 3. The number of hydrogen-bond acceptors (Lipinski definition) is 6. The molecule has 1 saturated heterocycles. The number of aliphatic imine (C=N–C) groups is 1. The van der Waals surface area contributed by atoms with Crippen LogP contribution in [0.15, 0.2) is 58.8 Å². The van der Waals surface area contributed by atoms with Gasteiger partial charge in [-0.1, -0.05) is 24.3 Å². The van der Waals surface area contributed by atoms with Gasteiger partial charge in [-0.2, -0.15) is 13.2 Å². The van der Waals surface area contributed by atoms with Gasteiger partial charge < -0.3 is 10.0 Å². The molecular formula is C27H22F3N3O5. The van der Waals surface area contributed by atoms with Crippen LogP contribution in [0.1, 0.15) is 58.6 Å². The van der Waals surface area contributed by atoms with Crippen LogP contribution in [0, 0.1) is 0 Å². The second-order valence-electron chi connectivity index (χ2n) is 9.44. The number of alkyl halides is 3. The molecule has 8 nitrogen and oxygen atoms in total. The number of ketones is 1. The van der Waals surface area contributed by atoms with Crippen LogP contribution in [0.4, 0.5) is 18.9 Å². The molecule has 3 aliphatic rings. The van der Waals surface area contributed by atoms with E-state index in [1.165, 1.54) is 23.1 Å². The zero-order valence-electron chi connectivity index (χ0n) is 19.9. The Labute approximate surface area is 214 Å². The number of aliphatic hydroxyl groups is 1. The topological polar surface area (TPSA) is 116 Å². The summed E-state index contributed by atoms with van der Waals surface area (Å²) in [7, 11) is 0. The van der Waals surface area contributed by atoms with Gasteiger partial charge in [-0.25, -0.2) is 0 Å². The van der Waals surface area contributed by atoms with Gasteiger partial charge in [-0.05, 0) is 36.1 Å². The molecule has 1 aliphatic carbocycles. The molecule has 0 bridgehead atoms. The first kappa shape index (κ1) is 25.4. The Morgan fingerprint density at radius 1 is 1.03 bits per heavy atom. The van der Waals surface area contributed by atoms with Crippen LogP contribution in [-0.4, -0.2) is 45.8 Å². The first-order valence-electron chi connectivity index (χ1n) is 12.0. The highest BCUT2D eigenvalue weighted by molar-refractivity contribution is 6.15. The first-order chi connectivity index (χ1) is 18.0. The second kappa shape index (κ2) is 9.55. The molecule has 0 saturated carbocycles. The van der Waals surface area contributed by atoms with Gasteiger partial charge in [0.2, 0.25) is 11.8 Å². The molecule has 0 radical (unpaired) electrons. The summed E-state index contributed by atoms with van der Waals surface area (Å²) >= 11 is 0. The fraction of sp³-hybridized carbons (Fsp3) is 0.296. The number of benzene rings is 2. The normalized spacial score (nSPS) is 22.3. The monoisotopic (exact) mass is 525 g/mol. The molecule has 2 N–H and O–H groups in total. The minimum absolute atomic E-state index is 0.0520. The van der Waals surface area contributed by atoms with Crippen LogP contribution in [0.2, 0.25) is 0 Å². The maximum Gasteiger partial charge on any atom is 0.416 e. The number of halogens is 3. The van der Waals surface area contributed by atoms with E-state index >= 15 is 0 Å². The molecule has 3 amide bonds. The lowest BCUT2D eigenvalue weighted by atomic mass is 9.81. The fourth-order valence-electron chi connectivity index (χ4n) is 5.21. The van der Waals surface area contributed by atoms with Crippen LogP contribution in [0.3, 0.4) is 0 Å². The number of fused-ring (bicyclic) bond motifs is 1. The molecule has 2 aromatic rings. The predicted molar refractivity (Wildman–Crippen MR) is 129 cm³/mol. The lowest BCUT2D eigenvalue weighted by molar-refractivity contribution is -0.139. The number of hydrogen-bond donors (Lipinski definition) is 2. The summed E-state index contributed by atoms with van der Waals surface area (Å²) < 4.78 is 40.4. The van der Waals surface area contributed by atoms with Crippen LogP contribution < -0.4 is 5.32 Å². The van der Waals surface area contributed by atoms with Crippen molar-refractivity contribution < 1.29 is 37.5 Å². The molecule has 11 heteroatoms. The minimum atomic E-state index is -4.59. The number of rotatable bonds is 4. The Balaban J connectivity index is 1.38. The molecule has 2 heterocycles. The van der Waals surface area contributed by atoms with Crippen molar-refractivity contribution in [2.24, 2.45) is 4.99 Å². The molecule has 38 heavy (non-hydrogen) atoms. The highest BCUT2D eigenvalue weighted by Crippen LogP contribution is 2.41. The molecule has 2 unspecified atom stereocenters. The van der Waals surface area contributed by atoms with E-state index < -0.39 is 41.3 Å². The third-order valence-electron chi connectivity index (χ3n) is 7.08. The standard InChI is InChI=1S/C27H22F3N3O5/c28-27(29,30)19-6-2-1-4-15(19)14-10-22(34)17(23(35)11-14)12-31-20-7-3-5-16-18(20)13-33(26(16)38)21-8-9-24(36)32-25(21)37/h1-7,12,14,21,34H,8-11,13H2,(H,32,36,37). The Kier molecular flexibility index (Phi) is 6.38. The molecule has 2 aromatic carbocycles. The van der Waals surface area contributed by atoms with Crippen molar-refractivity contribution in [3.8, 4) is 0 Å². The van der Waals surface area contributed by atoms with Crippen molar-refractivity contribution in [1.29, 1.82) is 0 Å². The van der Waals surface area contributed by atoms with Crippen molar-refractivity contribution in [3.05, 3.63) is 76.1 Å². The molecule has 2 aliphatic heterocycles. The van der Waals surface area contributed by atoms with Gasteiger partial charge in [0.15, 0.2) is 5.78 Å². The average molecular weight is 525 g/mol. The van der Waals surface area contributed by atoms with E-state index in [1.54, 1.807) is 18.2 Å². The number of Topliss-reactive ketones (excluding diaryl/α,β-unsaturated/α-hetero) is 1. The van der Waals surface area contributed by atoms with Crippen LogP contribution in [0.25, 0.3) is 0 Å². The quantitative estimate of drug-likeness (QED) is 0.460. The van der Waals surface area contributed by atoms with Crippen LogP contribution in [-0.2, 0) is 27.1 Å². The fourth-order valence-corrected chi connectivity index (χ4v) is 5.21. The summed E-state index contributed by atoms with van der Waals surface area (Å²) in [6.07, 6.45) is -3.49. The number of allylic oxidation sites excluding steroid dienone is 2. The van der Waals surface area contributed by atoms with Gasteiger partial charge in [-0.3, -0.25) is 29.5 Å². The van der Waals surface area contributed by atoms with E-state index in [9.17, 15) is 37.5 Å². The average Bonchev–Trinajstić information content (AvgIpc) is 3.20. The first-order valence-corrected chi connectivity index (χ1v) is 12.0. The van der Waals surface area contributed by atoms with E-state index in [0.29, 0.717) is 16.8 Å². The maximum atomic E-state index is 13.5. The van der Waals surface area contributed by atoms with Crippen molar-refractivity contribution in [2.75, 3.05) is 0 Å². The van der Waals surface area contributed by atoms with E-state index in [4.69, 9.17) is 0 Å². The van der Waals surface area contributed by atoms with Gasteiger partial charge in [-0.15, -0.1) is 0 Å². The Morgan fingerprint density at radius 2 is 1.79 bits per heavy atom. The molecule has 2 atom stereocenters. The predicted octanol–water partition coefficient (Wildman–Crippen LogP) is 4.13. The molecule has 1 fully saturated rings. The Hall–Kier alpha value is -4.28. The maximum absolute atomic E-state index is 13.5. The molecule has 0 spiro atoms. The zero-order valence-corrected chi connectivity index (χ0v) is 19.9. The van der Waals surface area contributed by atoms with E-state index in [1.807, 2.05) is 0 Å². The van der Waals surface area contributed by atoms with E-state index in [2.05, 4.69) is 10.3 Å². The smallest absolute Gasteiger partial charge is 0.416 e. The van der Waals surface area contributed by atoms with E-state index in [0.717, 1.165) is 12.3 Å². The lowest BCUT2D eigenvalue weighted by Crippen LogP contribution is -2.52. The SMILES string of the molecule is O=C1CCC(N2Cc3c(N=CC4=C(O)CC(c5ccccc5C(F)(F)F)CC4=O)cccc3C2=O)C(=O)N1. The number of imide groups is 1. The second-order valence-corrected chi connectivity index (χ2v) is 9.44. The highest BCUT2D eigenvalue weighted by atomic mass is 19.4. The van der Waals surface area contributed by atoms with E-state index in [-0.39, 0.29) is 55.0 Å². The largest absolute Gasteiger partial charge is 0.511 e. The Bertz CT molecular complexity index is 1430. The van der Waals surface area contributed by atoms with Crippen LogP contribution >= 0.6 is 0 Å². The summed E-state index contributed by atoms with van der Waals surface area (Å²) in [5.41, 5.74) is 0.217. The van der Waals surface area contributed by atoms with Crippen molar-refractivity contribution >= 4 is 35.4 Å². The molecule has 196 valence electrons. The van der Waals surface area contributed by atoms with Gasteiger partial charge >= 0.3 is 6.18 Å². The highest BCUT2D eigenvalue weighted by Gasteiger charge is 2.40. The number of carbonyl (C=O) groups is 4. The summed E-state index contributed by atoms with van der Waals surface area (Å²) in [5, 5.41) is 12.8. The zero-order chi connectivity index (χ0) is 27.2. The molecule has 0 aromatic heterocycles. The van der Waals surface area contributed by atoms with Gasteiger partial charge in [0.1, 0.15) is 11.8 Å². The van der Waals surface area contributed by atoms with Crippen LogP contribution in [0.5, 0.6) is 0 Å². The van der Waals surface area contributed by atoms with Crippen molar-refractivity contribution in [3.63, 3.8) is 0 Å². The minimum Gasteiger partial charge on any atom is -0.511 e. The third-order valence-corrected chi connectivity index (χ3v) is 7.08. The number of nitrogens with one attached hydrogen (secondary N) is 1. The summed E-state index contributed by atoms with van der Waals surface area (Å²) in [4.78, 5) is 55.3. The van der Waals surface area contributed by atoms with Crippen molar-refractivity contribution in [1.82, 2.24) is 10.2 Å². The Morgan fingerprint density at radius 3 is 2.50 bits per heavy atom. The molecule has 5 rings (SSSR count). The lowest BCUT2D eigenvalue weighted by Gasteiger charge is -2.29.